The number of ether oxygens (including phenoxy) is 2. The Bertz CT molecular complexity index is 1200. The van der Waals surface area contributed by atoms with Crippen LogP contribution in [0.2, 0.25) is 0 Å². The van der Waals surface area contributed by atoms with Crippen molar-refractivity contribution in [3.8, 4) is 0 Å². The monoisotopic (exact) mass is 574 g/mol. The minimum atomic E-state index is -0.888. The Hall–Kier alpha value is -4.42. The molecule has 1 aromatic carbocycles. The van der Waals surface area contributed by atoms with Crippen molar-refractivity contribution in [1.82, 2.24) is 15.1 Å². The zero-order valence-electron chi connectivity index (χ0n) is 24.9. The summed E-state index contributed by atoms with van der Waals surface area (Å²) in [6, 6.07) is 5.71. The molecule has 4 amide bonds. The molecule has 1 aromatic rings. The van der Waals surface area contributed by atoms with Crippen molar-refractivity contribution in [2.45, 2.75) is 78.7 Å². The van der Waals surface area contributed by atoms with Crippen LogP contribution in [0.15, 0.2) is 47.6 Å². The number of piperazine rings is 1. The van der Waals surface area contributed by atoms with Crippen LogP contribution in [0.3, 0.4) is 0 Å². The molecule has 0 spiro atoms. The van der Waals surface area contributed by atoms with Crippen molar-refractivity contribution in [2.24, 2.45) is 11.5 Å². The van der Waals surface area contributed by atoms with Crippen LogP contribution < -0.4 is 22.1 Å². The number of benzene rings is 1. The number of hydrogen-bond acceptors (Lipinski definition) is 9. The maximum atomic E-state index is 13.2. The Morgan fingerprint density at radius 1 is 0.927 bits per heavy atom. The Morgan fingerprint density at radius 3 is 1.93 bits per heavy atom. The van der Waals surface area contributed by atoms with E-state index in [9.17, 15) is 24.3 Å². The van der Waals surface area contributed by atoms with Gasteiger partial charge in [0.05, 0.1) is 12.1 Å². The first-order valence-electron chi connectivity index (χ1n) is 13.1. The van der Waals surface area contributed by atoms with Crippen molar-refractivity contribution < 1.29 is 33.8 Å². The van der Waals surface area contributed by atoms with Crippen molar-refractivity contribution in [1.29, 1.82) is 0 Å². The third kappa shape index (κ3) is 9.92. The first kappa shape index (κ1) is 32.8. The number of nitrogens with two attached hydrogens (primary N) is 2. The number of nitrogens with one attached hydrogen (secondary N) is 2. The van der Waals surface area contributed by atoms with Gasteiger partial charge in [-0.15, -0.1) is 0 Å². The zero-order chi connectivity index (χ0) is 31.3. The van der Waals surface area contributed by atoms with Gasteiger partial charge in [-0.3, -0.25) is 19.8 Å². The molecule has 1 aliphatic heterocycles. The highest BCUT2D eigenvalue weighted by Crippen LogP contribution is 2.22. The molecule has 1 fully saturated rings. The Morgan fingerprint density at radius 2 is 1.44 bits per heavy atom. The molecule has 0 bridgehead atoms. The van der Waals surface area contributed by atoms with Crippen LogP contribution >= 0.6 is 0 Å². The summed E-state index contributed by atoms with van der Waals surface area (Å²) in [5, 5.41) is 14.8. The zero-order valence-corrected chi connectivity index (χ0v) is 24.9. The third-order valence-corrected chi connectivity index (χ3v) is 5.67. The molecule has 13 nitrogen and oxygen atoms in total. The standard InChI is InChI=1S/C28H42N6O7/c1-16-14-33(15-17(2)34(16)26(39)41-28(6,7)8)24(37)18-9-11-19(12-10-18)31-23(36)20(29)13-21(35)22(30)32-25(38)40-27(3,4)5/h9-13,16-17,35H,14-15,29-30H2,1-8H3,(H,31,36)(H,32,38)/b20-13-,22-21-. The van der Waals surface area contributed by atoms with E-state index >= 15 is 0 Å². The lowest BCUT2D eigenvalue weighted by molar-refractivity contribution is -0.112. The summed E-state index contributed by atoms with van der Waals surface area (Å²) in [4.78, 5) is 53.4. The highest BCUT2D eigenvalue weighted by atomic mass is 16.6. The van der Waals surface area contributed by atoms with E-state index in [1.165, 1.54) is 12.1 Å². The number of aliphatic hydroxyl groups is 1. The number of carbonyl (C=O) groups excluding carboxylic acids is 4. The molecule has 13 heteroatoms. The summed E-state index contributed by atoms with van der Waals surface area (Å²) in [5.74, 6) is -2.05. The lowest BCUT2D eigenvalue weighted by Gasteiger charge is -2.44. The Balaban J connectivity index is 2.01. The van der Waals surface area contributed by atoms with E-state index in [-0.39, 0.29) is 23.7 Å². The van der Waals surface area contributed by atoms with Gasteiger partial charge in [-0.1, -0.05) is 0 Å². The topological polar surface area (TPSA) is 190 Å². The van der Waals surface area contributed by atoms with E-state index in [0.29, 0.717) is 24.3 Å². The van der Waals surface area contributed by atoms with Gasteiger partial charge in [0.25, 0.3) is 11.8 Å². The van der Waals surface area contributed by atoms with Crippen molar-refractivity contribution in [3.05, 3.63) is 53.2 Å². The molecule has 2 atom stereocenters. The molecule has 2 rings (SSSR count). The van der Waals surface area contributed by atoms with E-state index in [4.69, 9.17) is 20.9 Å². The predicted octanol–water partition coefficient (Wildman–Crippen LogP) is 3.15. The molecule has 41 heavy (non-hydrogen) atoms. The summed E-state index contributed by atoms with van der Waals surface area (Å²) in [6.07, 6.45) is -0.413. The first-order chi connectivity index (χ1) is 18.8. The van der Waals surface area contributed by atoms with Crippen LogP contribution in [-0.4, -0.2) is 75.3 Å². The van der Waals surface area contributed by atoms with Gasteiger partial charge in [0.15, 0.2) is 5.76 Å². The number of rotatable bonds is 5. The fourth-order valence-electron chi connectivity index (χ4n) is 4.01. The van der Waals surface area contributed by atoms with Gasteiger partial charge in [0.2, 0.25) is 0 Å². The van der Waals surface area contributed by atoms with Crippen LogP contribution in [0.5, 0.6) is 0 Å². The number of alkyl carbamates (subject to hydrolysis) is 1. The van der Waals surface area contributed by atoms with Gasteiger partial charge >= 0.3 is 12.2 Å². The molecule has 1 heterocycles. The van der Waals surface area contributed by atoms with Gasteiger partial charge in [0, 0.05) is 30.4 Å². The minimum absolute atomic E-state index is 0.215. The molecule has 1 aliphatic rings. The normalized spacial score (nSPS) is 18.7. The number of hydrogen-bond donors (Lipinski definition) is 5. The average molecular weight is 575 g/mol. The smallest absolute Gasteiger partial charge is 0.413 e. The summed E-state index contributed by atoms with van der Waals surface area (Å²) in [7, 11) is 0. The van der Waals surface area contributed by atoms with E-state index in [1.54, 1.807) is 63.5 Å². The van der Waals surface area contributed by atoms with Gasteiger partial charge in [-0.2, -0.15) is 0 Å². The molecule has 0 saturated carbocycles. The summed E-state index contributed by atoms with van der Waals surface area (Å²) < 4.78 is 10.6. The molecule has 0 radical (unpaired) electrons. The fourth-order valence-corrected chi connectivity index (χ4v) is 4.01. The Kier molecular flexibility index (Phi) is 10.3. The van der Waals surface area contributed by atoms with E-state index in [1.807, 2.05) is 13.8 Å². The van der Waals surface area contributed by atoms with Gasteiger partial charge in [0.1, 0.15) is 22.7 Å². The van der Waals surface area contributed by atoms with Gasteiger partial charge in [-0.25, -0.2) is 9.59 Å². The first-order valence-corrected chi connectivity index (χ1v) is 13.1. The second-order valence-corrected chi connectivity index (χ2v) is 11.9. The maximum absolute atomic E-state index is 13.2. The van der Waals surface area contributed by atoms with E-state index in [0.717, 1.165) is 6.08 Å². The molecule has 2 unspecified atom stereocenters. The number of carbonyl (C=O) groups is 4. The molecule has 1 saturated heterocycles. The largest absolute Gasteiger partial charge is 0.504 e. The average Bonchev–Trinajstić information content (AvgIpc) is 2.81. The highest BCUT2D eigenvalue weighted by Gasteiger charge is 2.37. The SMILES string of the molecule is CC1CN(C(=O)c2ccc(NC(=O)/C(N)=C/C(O)=C(\N)NC(=O)OC(C)(C)C)cc2)CC(C)N1C(=O)OC(C)(C)C. The lowest BCUT2D eigenvalue weighted by Crippen LogP contribution is -2.60. The summed E-state index contributed by atoms with van der Waals surface area (Å²) >= 11 is 0. The van der Waals surface area contributed by atoms with E-state index in [2.05, 4.69) is 10.6 Å². The van der Waals surface area contributed by atoms with Crippen molar-refractivity contribution >= 4 is 29.7 Å². The Labute approximate surface area is 240 Å². The minimum Gasteiger partial charge on any atom is -0.504 e. The van der Waals surface area contributed by atoms with Crippen molar-refractivity contribution in [3.63, 3.8) is 0 Å². The van der Waals surface area contributed by atoms with E-state index < -0.39 is 40.9 Å². The number of aliphatic hydroxyl groups excluding tert-OH is 1. The summed E-state index contributed by atoms with van der Waals surface area (Å²) in [5.41, 5.74) is 10.4. The van der Waals surface area contributed by atoms with Crippen LogP contribution in [0.4, 0.5) is 15.3 Å². The quantitative estimate of drug-likeness (QED) is 0.200. The molecular weight excluding hydrogens is 532 g/mol. The molecule has 226 valence electrons. The van der Waals surface area contributed by atoms with Crippen LogP contribution in [-0.2, 0) is 14.3 Å². The predicted molar refractivity (Wildman–Crippen MR) is 153 cm³/mol. The van der Waals surface area contributed by atoms with Crippen molar-refractivity contribution in [2.75, 3.05) is 18.4 Å². The number of amides is 4. The summed E-state index contributed by atoms with van der Waals surface area (Å²) in [6.45, 7) is 14.8. The van der Waals surface area contributed by atoms with Crippen LogP contribution in [0.25, 0.3) is 0 Å². The van der Waals surface area contributed by atoms with Gasteiger partial charge < -0.3 is 36.3 Å². The second kappa shape index (κ2) is 12.8. The number of allylic oxidation sites excluding steroid dienone is 1. The molecule has 7 N–H and O–H groups in total. The van der Waals surface area contributed by atoms with Crippen LogP contribution in [0, 0.1) is 0 Å². The lowest BCUT2D eigenvalue weighted by atomic mass is 10.1. The maximum Gasteiger partial charge on any atom is 0.413 e. The molecular formula is C28H42N6O7. The van der Waals surface area contributed by atoms with Gasteiger partial charge in [-0.05, 0) is 79.7 Å². The fraction of sp³-hybridized carbons (Fsp3) is 0.500. The molecule has 0 aliphatic carbocycles. The molecule has 0 aromatic heterocycles. The third-order valence-electron chi connectivity index (χ3n) is 5.67. The number of nitrogens with zero attached hydrogens (tertiary/aromatic N) is 2. The second-order valence-electron chi connectivity index (χ2n) is 11.9. The highest BCUT2D eigenvalue weighted by molar-refractivity contribution is 6.03. The number of anilines is 1. The van der Waals surface area contributed by atoms with Crippen LogP contribution in [0.1, 0.15) is 65.7 Å².